The third-order valence-corrected chi connectivity index (χ3v) is 4.47. The summed E-state index contributed by atoms with van der Waals surface area (Å²) in [5, 5.41) is 14.1. The number of hydrogen-bond acceptors (Lipinski definition) is 4. The van der Waals surface area contributed by atoms with Crippen LogP contribution in [0.1, 0.15) is 52.1 Å². The highest BCUT2D eigenvalue weighted by Crippen LogP contribution is 2.38. The molecule has 0 aromatic carbocycles. The van der Waals surface area contributed by atoms with Crippen LogP contribution >= 0.6 is 0 Å². The zero-order chi connectivity index (χ0) is 16.4. The minimum atomic E-state index is -0.218. The quantitative estimate of drug-likeness (QED) is 0.898. The summed E-state index contributed by atoms with van der Waals surface area (Å²) in [5.41, 5.74) is 0.855. The second-order valence-electron chi connectivity index (χ2n) is 7.62. The van der Waals surface area contributed by atoms with Gasteiger partial charge in [0.05, 0.1) is 11.8 Å². The molecule has 6 heteroatoms. The van der Waals surface area contributed by atoms with Crippen molar-refractivity contribution in [2.45, 2.75) is 64.0 Å². The number of carbonyl (C=O) groups is 1. The molecule has 1 aliphatic heterocycles. The van der Waals surface area contributed by atoms with Gasteiger partial charge in [0.1, 0.15) is 0 Å². The van der Waals surface area contributed by atoms with Gasteiger partial charge in [0, 0.05) is 18.1 Å². The van der Waals surface area contributed by atoms with Crippen molar-refractivity contribution in [3.05, 3.63) is 17.8 Å². The molecule has 2 N–H and O–H groups in total. The first kappa shape index (κ1) is 16.2. The Morgan fingerprint density at radius 3 is 2.61 bits per heavy atom. The van der Waals surface area contributed by atoms with Crippen LogP contribution in [-0.2, 0) is 10.2 Å². The molecule has 1 aliphatic carbocycles. The maximum absolute atomic E-state index is 12.1. The van der Waals surface area contributed by atoms with Gasteiger partial charge in [0.15, 0.2) is 5.82 Å². The summed E-state index contributed by atoms with van der Waals surface area (Å²) in [7, 11) is 0. The molecule has 23 heavy (non-hydrogen) atoms. The number of hydrogen-bond donors (Lipinski definition) is 2. The molecule has 1 saturated carbocycles. The van der Waals surface area contributed by atoms with Gasteiger partial charge in [0.25, 0.3) is 0 Å². The van der Waals surface area contributed by atoms with Crippen LogP contribution in [0.3, 0.4) is 0 Å². The Bertz CT molecular complexity index is 549. The van der Waals surface area contributed by atoms with Crippen molar-refractivity contribution in [1.29, 1.82) is 0 Å². The fourth-order valence-corrected chi connectivity index (χ4v) is 2.89. The fraction of sp³-hybridized carbons (Fsp3) is 0.706. The van der Waals surface area contributed by atoms with Gasteiger partial charge in [-0.15, -0.1) is 5.10 Å². The van der Waals surface area contributed by atoms with Crippen LogP contribution in [0.15, 0.2) is 12.1 Å². The molecule has 126 valence electrons. The number of amides is 2. The van der Waals surface area contributed by atoms with E-state index in [1.165, 1.54) is 12.8 Å². The summed E-state index contributed by atoms with van der Waals surface area (Å²) < 4.78 is 5.78. The molecule has 1 aromatic heterocycles. The standard InChI is InChI=1S/C17H26N4O2/c1-17(2,3)14-6-7-15(21-20-14)19-16(22)18-12-8-9-23-13(10-12)11-4-5-11/h6-7,11-13H,4-5,8-10H2,1-3H3,(H2,18,19,21,22)/t12-,13+/m0/s1. The van der Waals surface area contributed by atoms with E-state index in [4.69, 9.17) is 4.74 Å². The van der Waals surface area contributed by atoms with E-state index < -0.39 is 0 Å². The second-order valence-corrected chi connectivity index (χ2v) is 7.62. The van der Waals surface area contributed by atoms with Crippen molar-refractivity contribution in [3.63, 3.8) is 0 Å². The summed E-state index contributed by atoms with van der Waals surface area (Å²) >= 11 is 0. The number of ether oxygens (including phenoxy) is 1. The third-order valence-electron chi connectivity index (χ3n) is 4.47. The number of aromatic nitrogens is 2. The Balaban J connectivity index is 1.50. The third kappa shape index (κ3) is 4.41. The molecule has 2 atom stereocenters. The predicted octanol–water partition coefficient (Wildman–Crippen LogP) is 2.85. The summed E-state index contributed by atoms with van der Waals surface area (Å²) in [6.45, 7) is 6.97. The Hall–Kier alpha value is -1.69. The van der Waals surface area contributed by atoms with Gasteiger partial charge in [-0.25, -0.2) is 4.79 Å². The summed E-state index contributed by atoms with van der Waals surface area (Å²) in [4.78, 5) is 12.1. The highest BCUT2D eigenvalue weighted by atomic mass is 16.5. The molecule has 6 nitrogen and oxygen atoms in total. The number of anilines is 1. The van der Waals surface area contributed by atoms with E-state index in [1.807, 2.05) is 6.07 Å². The minimum absolute atomic E-state index is 0.0479. The van der Waals surface area contributed by atoms with Crippen molar-refractivity contribution >= 4 is 11.8 Å². The van der Waals surface area contributed by atoms with E-state index in [1.54, 1.807) is 6.07 Å². The summed E-state index contributed by atoms with van der Waals surface area (Å²) in [6, 6.07) is 3.66. The number of nitrogens with one attached hydrogen (secondary N) is 2. The normalized spacial score (nSPS) is 25.0. The Morgan fingerprint density at radius 2 is 2.00 bits per heavy atom. The number of urea groups is 1. The van der Waals surface area contributed by atoms with E-state index in [-0.39, 0.29) is 17.5 Å². The van der Waals surface area contributed by atoms with Crippen LogP contribution in [0.5, 0.6) is 0 Å². The van der Waals surface area contributed by atoms with Crippen molar-refractivity contribution < 1.29 is 9.53 Å². The summed E-state index contributed by atoms with van der Waals surface area (Å²) in [5.74, 6) is 1.18. The molecule has 2 aliphatic rings. The Kier molecular flexibility index (Phi) is 4.53. The van der Waals surface area contributed by atoms with E-state index in [2.05, 4.69) is 41.6 Å². The van der Waals surface area contributed by atoms with E-state index in [0.29, 0.717) is 17.8 Å². The maximum Gasteiger partial charge on any atom is 0.320 e. The average molecular weight is 318 g/mol. The molecular formula is C17H26N4O2. The van der Waals surface area contributed by atoms with Crippen LogP contribution in [0.2, 0.25) is 0 Å². The molecule has 2 fully saturated rings. The monoisotopic (exact) mass is 318 g/mol. The first-order chi connectivity index (χ1) is 10.9. The van der Waals surface area contributed by atoms with Crippen molar-refractivity contribution in [1.82, 2.24) is 15.5 Å². The minimum Gasteiger partial charge on any atom is -0.378 e. The van der Waals surface area contributed by atoms with Gasteiger partial charge in [-0.1, -0.05) is 20.8 Å². The van der Waals surface area contributed by atoms with Crippen molar-refractivity contribution in [2.24, 2.45) is 5.92 Å². The maximum atomic E-state index is 12.1. The molecule has 0 radical (unpaired) electrons. The molecular weight excluding hydrogens is 292 g/mol. The topological polar surface area (TPSA) is 76.1 Å². The molecule has 2 heterocycles. The predicted molar refractivity (Wildman–Crippen MR) is 88.4 cm³/mol. The Morgan fingerprint density at radius 1 is 1.22 bits per heavy atom. The molecule has 2 amide bonds. The molecule has 0 unspecified atom stereocenters. The molecule has 0 spiro atoms. The van der Waals surface area contributed by atoms with E-state index >= 15 is 0 Å². The summed E-state index contributed by atoms with van der Waals surface area (Å²) in [6.07, 6.45) is 4.62. The molecule has 3 rings (SSSR count). The average Bonchev–Trinajstić information content (AvgIpc) is 3.31. The lowest BCUT2D eigenvalue weighted by Crippen LogP contribution is -2.44. The first-order valence-corrected chi connectivity index (χ1v) is 8.45. The van der Waals surface area contributed by atoms with Crippen LogP contribution in [0.4, 0.5) is 10.6 Å². The zero-order valence-electron chi connectivity index (χ0n) is 14.1. The van der Waals surface area contributed by atoms with Gasteiger partial charge >= 0.3 is 6.03 Å². The van der Waals surface area contributed by atoms with Gasteiger partial charge in [-0.3, -0.25) is 5.32 Å². The van der Waals surface area contributed by atoms with Gasteiger partial charge < -0.3 is 10.1 Å². The lowest BCUT2D eigenvalue weighted by molar-refractivity contribution is -0.00889. The van der Waals surface area contributed by atoms with Crippen LogP contribution in [0, 0.1) is 5.92 Å². The number of nitrogens with zero attached hydrogens (tertiary/aromatic N) is 2. The van der Waals surface area contributed by atoms with E-state index in [0.717, 1.165) is 25.1 Å². The zero-order valence-corrected chi connectivity index (χ0v) is 14.1. The van der Waals surface area contributed by atoms with Crippen LogP contribution < -0.4 is 10.6 Å². The van der Waals surface area contributed by atoms with Crippen LogP contribution in [-0.4, -0.2) is 35.0 Å². The van der Waals surface area contributed by atoms with Gasteiger partial charge in [-0.2, -0.15) is 5.10 Å². The second kappa shape index (κ2) is 6.43. The van der Waals surface area contributed by atoms with Gasteiger partial charge in [0.2, 0.25) is 0 Å². The SMILES string of the molecule is CC(C)(C)c1ccc(NC(=O)N[C@H]2CCO[C@@H](C3CC3)C2)nn1. The van der Waals surface area contributed by atoms with E-state index in [9.17, 15) is 4.79 Å². The van der Waals surface area contributed by atoms with Crippen molar-refractivity contribution in [2.75, 3.05) is 11.9 Å². The highest BCUT2D eigenvalue weighted by molar-refractivity contribution is 5.88. The smallest absolute Gasteiger partial charge is 0.320 e. The molecule has 1 aromatic rings. The lowest BCUT2D eigenvalue weighted by Gasteiger charge is -2.30. The highest BCUT2D eigenvalue weighted by Gasteiger charge is 2.36. The fourth-order valence-electron chi connectivity index (χ4n) is 2.89. The number of carbonyl (C=O) groups excluding carboxylic acids is 1. The Labute approximate surface area is 137 Å². The van der Waals surface area contributed by atoms with Gasteiger partial charge in [-0.05, 0) is 43.7 Å². The largest absolute Gasteiger partial charge is 0.378 e. The lowest BCUT2D eigenvalue weighted by atomic mass is 9.92. The molecule has 0 bridgehead atoms. The first-order valence-electron chi connectivity index (χ1n) is 8.45. The molecule has 1 saturated heterocycles. The van der Waals surface area contributed by atoms with Crippen LogP contribution in [0.25, 0.3) is 0 Å². The van der Waals surface area contributed by atoms with Crippen molar-refractivity contribution in [3.8, 4) is 0 Å². The number of rotatable bonds is 3.